The first-order valence-corrected chi connectivity index (χ1v) is 5.81. The molecule has 0 radical (unpaired) electrons. The van der Waals surface area contributed by atoms with Crippen LogP contribution in [0.15, 0.2) is 30.5 Å². The van der Waals surface area contributed by atoms with Crippen LogP contribution in [-0.4, -0.2) is 16.0 Å². The lowest BCUT2D eigenvalue weighted by molar-refractivity contribution is 0.690. The van der Waals surface area contributed by atoms with Crippen molar-refractivity contribution in [3.8, 4) is 0 Å². The molecule has 1 N–H and O–H groups in total. The van der Waals surface area contributed by atoms with Gasteiger partial charge in [0.2, 0.25) is 0 Å². The van der Waals surface area contributed by atoms with E-state index in [0.29, 0.717) is 6.04 Å². The van der Waals surface area contributed by atoms with Crippen LogP contribution < -0.4 is 5.32 Å². The van der Waals surface area contributed by atoms with E-state index in [-0.39, 0.29) is 0 Å². The fourth-order valence-electron chi connectivity index (χ4n) is 1.97. The third kappa shape index (κ3) is 1.85. The fourth-order valence-corrected chi connectivity index (χ4v) is 1.97. The van der Waals surface area contributed by atoms with Gasteiger partial charge in [0.05, 0.1) is 17.2 Å². The number of para-hydroxylation sites is 2. The lowest BCUT2D eigenvalue weighted by Crippen LogP contribution is -2.18. The van der Waals surface area contributed by atoms with E-state index in [4.69, 9.17) is 0 Å². The van der Waals surface area contributed by atoms with E-state index >= 15 is 0 Å². The van der Waals surface area contributed by atoms with Gasteiger partial charge in [-0.3, -0.25) is 4.98 Å². The number of aromatic nitrogens is 2. The molecule has 3 heteroatoms. The predicted molar refractivity (Wildman–Crippen MR) is 65.3 cm³/mol. The number of benzene rings is 1. The summed E-state index contributed by atoms with van der Waals surface area (Å²) in [7, 11) is 0. The molecule has 3 rings (SSSR count). The Kier molecular flexibility index (Phi) is 2.24. The Hall–Kier alpha value is -1.64. The minimum atomic E-state index is 0.510. The summed E-state index contributed by atoms with van der Waals surface area (Å²) in [5, 5.41) is 3.42. The van der Waals surface area contributed by atoms with Crippen molar-refractivity contribution in [2.45, 2.75) is 25.8 Å². The zero-order valence-electron chi connectivity index (χ0n) is 9.35. The molecule has 0 spiro atoms. The van der Waals surface area contributed by atoms with Crippen molar-refractivity contribution in [1.82, 2.24) is 9.97 Å². The van der Waals surface area contributed by atoms with Crippen molar-refractivity contribution in [1.29, 1.82) is 0 Å². The highest BCUT2D eigenvalue weighted by Gasteiger charge is 2.27. The van der Waals surface area contributed by atoms with Gasteiger partial charge in [0.1, 0.15) is 5.82 Å². The van der Waals surface area contributed by atoms with E-state index in [0.717, 1.165) is 22.8 Å². The molecule has 82 valence electrons. The fraction of sp³-hybridized carbons (Fsp3) is 0.385. The maximum absolute atomic E-state index is 4.55. The van der Waals surface area contributed by atoms with Crippen molar-refractivity contribution in [3.63, 3.8) is 0 Å². The second-order valence-electron chi connectivity index (χ2n) is 4.51. The highest BCUT2D eigenvalue weighted by atomic mass is 15.0. The summed E-state index contributed by atoms with van der Waals surface area (Å²) in [6.07, 6.45) is 4.51. The molecule has 1 aromatic carbocycles. The number of hydrogen-bond acceptors (Lipinski definition) is 3. The average molecular weight is 213 g/mol. The normalized spacial score (nSPS) is 17.3. The Labute approximate surface area is 94.9 Å². The van der Waals surface area contributed by atoms with Crippen molar-refractivity contribution >= 4 is 16.9 Å². The van der Waals surface area contributed by atoms with Crippen LogP contribution in [0, 0.1) is 5.92 Å². The predicted octanol–water partition coefficient (Wildman–Crippen LogP) is 2.84. The van der Waals surface area contributed by atoms with Crippen LogP contribution in [0.3, 0.4) is 0 Å². The number of rotatable bonds is 3. The van der Waals surface area contributed by atoms with Crippen molar-refractivity contribution in [3.05, 3.63) is 30.5 Å². The van der Waals surface area contributed by atoms with Gasteiger partial charge in [0.25, 0.3) is 0 Å². The van der Waals surface area contributed by atoms with Gasteiger partial charge in [0, 0.05) is 6.04 Å². The van der Waals surface area contributed by atoms with Crippen LogP contribution in [-0.2, 0) is 0 Å². The van der Waals surface area contributed by atoms with Crippen molar-refractivity contribution in [2.24, 2.45) is 5.92 Å². The molecular weight excluding hydrogens is 198 g/mol. The molecule has 1 unspecified atom stereocenters. The zero-order chi connectivity index (χ0) is 11.0. The van der Waals surface area contributed by atoms with Gasteiger partial charge >= 0.3 is 0 Å². The summed E-state index contributed by atoms with van der Waals surface area (Å²) in [5.41, 5.74) is 1.91. The van der Waals surface area contributed by atoms with Gasteiger partial charge in [-0.25, -0.2) is 4.98 Å². The standard InChI is InChI=1S/C13H15N3/c1-9(10-6-7-10)15-13-8-14-11-4-2-3-5-12(11)16-13/h2-5,8-10H,6-7H2,1H3,(H,15,16). The van der Waals surface area contributed by atoms with Gasteiger partial charge in [-0.1, -0.05) is 12.1 Å². The first-order chi connectivity index (χ1) is 7.83. The minimum absolute atomic E-state index is 0.510. The minimum Gasteiger partial charge on any atom is -0.366 e. The molecule has 3 nitrogen and oxygen atoms in total. The first-order valence-electron chi connectivity index (χ1n) is 5.81. The Balaban J connectivity index is 1.86. The maximum atomic E-state index is 4.55. The molecular formula is C13H15N3. The zero-order valence-corrected chi connectivity index (χ0v) is 9.35. The van der Waals surface area contributed by atoms with E-state index in [9.17, 15) is 0 Å². The molecule has 0 aliphatic heterocycles. The molecule has 1 heterocycles. The van der Waals surface area contributed by atoms with E-state index in [1.807, 2.05) is 30.5 Å². The summed E-state index contributed by atoms with van der Waals surface area (Å²) in [5.74, 6) is 1.71. The van der Waals surface area contributed by atoms with Crippen LogP contribution in [0.5, 0.6) is 0 Å². The molecule has 0 bridgehead atoms. The van der Waals surface area contributed by atoms with E-state index in [1.54, 1.807) is 0 Å². The van der Waals surface area contributed by atoms with Crippen LogP contribution in [0.4, 0.5) is 5.82 Å². The second-order valence-corrected chi connectivity index (χ2v) is 4.51. The molecule has 16 heavy (non-hydrogen) atoms. The SMILES string of the molecule is CC(Nc1cnc2ccccc2n1)C1CC1. The summed E-state index contributed by atoms with van der Waals surface area (Å²) < 4.78 is 0. The van der Waals surface area contributed by atoms with E-state index < -0.39 is 0 Å². The summed E-state index contributed by atoms with van der Waals surface area (Å²) >= 11 is 0. The lowest BCUT2D eigenvalue weighted by atomic mass is 10.2. The van der Waals surface area contributed by atoms with E-state index in [2.05, 4.69) is 22.2 Å². The largest absolute Gasteiger partial charge is 0.366 e. The van der Waals surface area contributed by atoms with E-state index in [1.165, 1.54) is 12.8 Å². The van der Waals surface area contributed by atoms with Crippen molar-refractivity contribution < 1.29 is 0 Å². The molecule has 1 aromatic heterocycles. The van der Waals surface area contributed by atoms with Gasteiger partial charge in [-0.15, -0.1) is 0 Å². The number of anilines is 1. The molecule has 1 aliphatic rings. The Morgan fingerprint density at radius 3 is 2.75 bits per heavy atom. The molecule has 1 atom stereocenters. The maximum Gasteiger partial charge on any atom is 0.145 e. The first kappa shape index (κ1) is 9.58. The van der Waals surface area contributed by atoms with Gasteiger partial charge in [0.15, 0.2) is 0 Å². The Morgan fingerprint density at radius 2 is 2.00 bits per heavy atom. The highest BCUT2D eigenvalue weighted by molar-refractivity contribution is 5.75. The van der Waals surface area contributed by atoms with Gasteiger partial charge in [-0.2, -0.15) is 0 Å². The Bertz CT molecular complexity index is 505. The average Bonchev–Trinajstić information content (AvgIpc) is 3.12. The monoisotopic (exact) mass is 213 g/mol. The van der Waals surface area contributed by atoms with Gasteiger partial charge in [-0.05, 0) is 37.8 Å². The smallest absolute Gasteiger partial charge is 0.145 e. The number of nitrogens with zero attached hydrogens (tertiary/aromatic N) is 2. The number of nitrogens with one attached hydrogen (secondary N) is 1. The summed E-state index contributed by atoms with van der Waals surface area (Å²) in [4.78, 5) is 8.94. The molecule has 1 fully saturated rings. The highest BCUT2D eigenvalue weighted by Crippen LogP contribution is 2.33. The molecule has 2 aromatic rings. The quantitative estimate of drug-likeness (QED) is 0.852. The molecule has 0 saturated heterocycles. The Morgan fingerprint density at radius 1 is 1.25 bits per heavy atom. The lowest BCUT2D eigenvalue weighted by Gasteiger charge is -2.13. The van der Waals surface area contributed by atoms with Gasteiger partial charge < -0.3 is 5.32 Å². The van der Waals surface area contributed by atoms with Crippen LogP contribution >= 0.6 is 0 Å². The second kappa shape index (κ2) is 3.74. The molecule has 1 saturated carbocycles. The number of hydrogen-bond donors (Lipinski definition) is 1. The topological polar surface area (TPSA) is 37.8 Å². The molecule has 1 aliphatic carbocycles. The third-order valence-corrected chi connectivity index (χ3v) is 3.15. The van der Waals surface area contributed by atoms with Crippen molar-refractivity contribution in [2.75, 3.05) is 5.32 Å². The summed E-state index contributed by atoms with van der Waals surface area (Å²) in [6, 6.07) is 8.46. The summed E-state index contributed by atoms with van der Waals surface area (Å²) in [6.45, 7) is 2.22. The molecule has 0 amide bonds. The van der Waals surface area contributed by atoms with Crippen LogP contribution in [0.1, 0.15) is 19.8 Å². The third-order valence-electron chi connectivity index (χ3n) is 3.15. The van der Waals surface area contributed by atoms with Crippen LogP contribution in [0.25, 0.3) is 11.0 Å². The van der Waals surface area contributed by atoms with Crippen LogP contribution in [0.2, 0.25) is 0 Å². The number of fused-ring (bicyclic) bond motifs is 1.